The van der Waals surface area contributed by atoms with Crippen LogP contribution in [0.15, 0.2) is 11.2 Å². The first-order valence-electron chi connectivity index (χ1n) is 4.36. The summed E-state index contributed by atoms with van der Waals surface area (Å²) in [5.74, 6) is 1.47. The van der Waals surface area contributed by atoms with Gasteiger partial charge in [0.15, 0.2) is 0 Å². The fraction of sp³-hybridized carbons (Fsp3) is 0.444. The zero-order valence-electron chi connectivity index (χ0n) is 7.69. The van der Waals surface area contributed by atoms with Crippen LogP contribution in [0.1, 0.15) is 12.0 Å². The lowest BCUT2D eigenvalue weighted by molar-refractivity contribution is 0.607. The lowest BCUT2D eigenvalue weighted by Gasteiger charge is -2.32. The van der Waals surface area contributed by atoms with Crippen molar-refractivity contribution in [2.45, 2.75) is 13.3 Å². The number of aromatic nitrogens is 2. The van der Waals surface area contributed by atoms with Gasteiger partial charge in [0, 0.05) is 24.8 Å². The van der Waals surface area contributed by atoms with E-state index in [0.717, 1.165) is 24.5 Å². The summed E-state index contributed by atoms with van der Waals surface area (Å²) in [7, 11) is 0. The minimum Gasteiger partial charge on any atom is -0.356 e. The number of hydrogen-bond donors (Lipinski definition) is 0. The smallest absolute Gasteiger partial charge is 0.250 e. The summed E-state index contributed by atoms with van der Waals surface area (Å²) in [6, 6.07) is 0. The lowest BCUT2D eigenvalue weighted by atomic mass is 10.2. The standard InChI is InChI=1S/C9H12N4/c1-7-6-11-9(10-2)12-8(7)13-4-3-5-13/h6H,2-5H2,1H3. The van der Waals surface area contributed by atoms with Crippen LogP contribution in [-0.2, 0) is 0 Å². The van der Waals surface area contributed by atoms with Crippen molar-refractivity contribution < 1.29 is 0 Å². The normalized spacial score (nSPS) is 15.3. The number of anilines is 1. The maximum Gasteiger partial charge on any atom is 0.250 e. The third-order valence-corrected chi connectivity index (χ3v) is 2.23. The second-order valence-electron chi connectivity index (χ2n) is 3.18. The van der Waals surface area contributed by atoms with Crippen LogP contribution in [0, 0.1) is 6.92 Å². The summed E-state index contributed by atoms with van der Waals surface area (Å²) in [5.41, 5.74) is 1.10. The van der Waals surface area contributed by atoms with E-state index in [0.29, 0.717) is 5.95 Å². The minimum absolute atomic E-state index is 0.465. The molecule has 4 nitrogen and oxygen atoms in total. The van der Waals surface area contributed by atoms with Crippen LogP contribution in [0.3, 0.4) is 0 Å². The Morgan fingerprint density at radius 1 is 1.54 bits per heavy atom. The van der Waals surface area contributed by atoms with E-state index in [1.165, 1.54) is 6.42 Å². The zero-order chi connectivity index (χ0) is 9.26. The van der Waals surface area contributed by atoms with Crippen molar-refractivity contribution in [2.24, 2.45) is 4.99 Å². The Balaban J connectivity index is 2.35. The second kappa shape index (κ2) is 3.12. The zero-order valence-corrected chi connectivity index (χ0v) is 7.69. The Labute approximate surface area is 77.3 Å². The molecule has 1 fully saturated rings. The van der Waals surface area contributed by atoms with Crippen molar-refractivity contribution in [3.63, 3.8) is 0 Å². The van der Waals surface area contributed by atoms with Gasteiger partial charge in [0.2, 0.25) is 0 Å². The highest BCUT2D eigenvalue weighted by molar-refractivity contribution is 5.50. The molecule has 0 atom stereocenters. The van der Waals surface area contributed by atoms with Gasteiger partial charge >= 0.3 is 0 Å². The number of aryl methyl sites for hydroxylation is 1. The lowest BCUT2D eigenvalue weighted by Crippen LogP contribution is -2.38. The Morgan fingerprint density at radius 2 is 2.31 bits per heavy atom. The van der Waals surface area contributed by atoms with Crippen LogP contribution < -0.4 is 4.90 Å². The highest BCUT2D eigenvalue weighted by Crippen LogP contribution is 2.23. The topological polar surface area (TPSA) is 41.4 Å². The van der Waals surface area contributed by atoms with Crippen molar-refractivity contribution in [1.82, 2.24) is 9.97 Å². The van der Waals surface area contributed by atoms with Crippen molar-refractivity contribution in [1.29, 1.82) is 0 Å². The molecular weight excluding hydrogens is 164 g/mol. The van der Waals surface area contributed by atoms with Crippen molar-refractivity contribution in [3.8, 4) is 0 Å². The third kappa shape index (κ3) is 1.39. The van der Waals surface area contributed by atoms with E-state index in [1.807, 2.05) is 6.92 Å². The molecule has 1 aromatic rings. The van der Waals surface area contributed by atoms with Gasteiger partial charge in [-0.15, -0.1) is 0 Å². The fourth-order valence-electron chi connectivity index (χ4n) is 1.35. The van der Waals surface area contributed by atoms with Gasteiger partial charge in [0.25, 0.3) is 5.95 Å². The molecule has 1 saturated heterocycles. The minimum atomic E-state index is 0.465. The maximum absolute atomic E-state index is 4.30. The van der Waals surface area contributed by atoms with E-state index in [2.05, 4.69) is 26.6 Å². The van der Waals surface area contributed by atoms with Gasteiger partial charge in [-0.05, 0) is 20.1 Å². The Kier molecular flexibility index (Phi) is 1.96. The SMILES string of the molecule is C=Nc1ncc(C)c(N2CCC2)n1. The fourth-order valence-corrected chi connectivity index (χ4v) is 1.35. The van der Waals surface area contributed by atoms with Crippen molar-refractivity contribution in [2.75, 3.05) is 18.0 Å². The van der Waals surface area contributed by atoms with Crippen LogP contribution in [0.2, 0.25) is 0 Å². The average molecular weight is 176 g/mol. The molecule has 0 aliphatic carbocycles. The number of aliphatic imine (C=N–C) groups is 1. The summed E-state index contributed by atoms with van der Waals surface area (Å²) < 4.78 is 0. The molecule has 1 aromatic heterocycles. The van der Waals surface area contributed by atoms with E-state index in [4.69, 9.17) is 0 Å². The molecule has 0 radical (unpaired) electrons. The first kappa shape index (κ1) is 8.16. The van der Waals surface area contributed by atoms with Gasteiger partial charge in [-0.25, -0.2) is 9.98 Å². The van der Waals surface area contributed by atoms with Crippen LogP contribution in [0.5, 0.6) is 0 Å². The number of hydrogen-bond acceptors (Lipinski definition) is 4. The van der Waals surface area contributed by atoms with Gasteiger partial charge < -0.3 is 4.90 Å². The molecule has 1 aliphatic rings. The predicted octanol–water partition coefficient (Wildman–Crippen LogP) is 1.33. The summed E-state index contributed by atoms with van der Waals surface area (Å²) in [5, 5.41) is 0. The third-order valence-electron chi connectivity index (χ3n) is 2.23. The summed E-state index contributed by atoms with van der Waals surface area (Å²) in [6.07, 6.45) is 3.05. The van der Waals surface area contributed by atoms with Gasteiger partial charge in [0.05, 0.1) is 0 Å². The van der Waals surface area contributed by atoms with Gasteiger partial charge in [0.1, 0.15) is 5.82 Å². The molecule has 0 amide bonds. The quantitative estimate of drug-likeness (QED) is 0.638. The highest BCUT2D eigenvalue weighted by Gasteiger charge is 2.18. The van der Waals surface area contributed by atoms with E-state index in [9.17, 15) is 0 Å². The summed E-state index contributed by atoms with van der Waals surface area (Å²) in [6.45, 7) is 7.61. The Bertz CT molecular complexity index is 330. The van der Waals surface area contributed by atoms with E-state index < -0.39 is 0 Å². The molecule has 0 aromatic carbocycles. The molecule has 0 spiro atoms. The Hall–Kier alpha value is -1.45. The van der Waals surface area contributed by atoms with Crippen molar-refractivity contribution >= 4 is 18.5 Å². The summed E-state index contributed by atoms with van der Waals surface area (Å²) >= 11 is 0. The monoisotopic (exact) mass is 176 g/mol. The molecule has 2 rings (SSSR count). The van der Waals surface area contributed by atoms with Crippen LogP contribution in [-0.4, -0.2) is 29.8 Å². The molecule has 0 unspecified atom stereocenters. The largest absolute Gasteiger partial charge is 0.356 e. The first-order valence-corrected chi connectivity index (χ1v) is 4.36. The van der Waals surface area contributed by atoms with E-state index in [-0.39, 0.29) is 0 Å². The van der Waals surface area contributed by atoms with E-state index >= 15 is 0 Å². The highest BCUT2D eigenvalue weighted by atomic mass is 15.2. The molecular formula is C9H12N4. The van der Waals surface area contributed by atoms with Gasteiger partial charge in [-0.3, -0.25) is 0 Å². The molecule has 2 heterocycles. The predicted molar refractivity (Wildman–Crippen MR) is 52.8 cm³/mol. The maximum atomic E-state index is 4.30. The molecule has 0 bridgehead atoms. The number of nitrogens with zero attached hydrogens (tertiary/aromatic N) is 4. The van der Waals surface area contributed by atoms with Crippen LogP contribution in [0.25, 0.3) is 0 Å². The average Bonchev–Trinajstić information content (AvgIpc) is 2.06. The van der Waals surface area contributed by atoms with Gasteiger partial charge in [-0.2, -0.15) is 4.98 Å². The van der Waals surface area contributed by atoms with E-state index in [1.54, 1.807) is 6.20 Å². The molecule has 0 N–H and O–H groups in total. The molecule has 1 aliphatic heterocycles. The van der Waals surface area contributed by atoms with Gasteiger partial charge in [-0.1, -0.05) is 0 Å². The molecule has 0 saturated carbocycles. The number of rotatable bonds is 2. The first-order chi connectivity index (χ1) is 6.31. The molecule has 4 heteroatoms. The van der Waals surface area contributed by atoms with Crippen LogP contribution in [0.4, 0.5) is 11.8 Å². The second-order valence-corrected chi connectivity index (χ2v) is 3.18. The molecule has 13 heavy (non-hydrogen) atoms. The molecule has 68 valence electrons. The van der Waals surface area contributed by atoms with Crippen LogP contribution >= 0.6 is 0 Å². The van der Waals surface area contributed by atoms with Crippen molar-refractivity contribution in [3.05, 3.63) is 11.8 Å². The Morgan fingerprint density at radius 3 is 2.85 bits per heavy atom. The summed E-state index contributed by atoms with van der Waals surface area (Å²) in [4.78, 5) is 14.3.